The maximum atomic E-state index is 11.9. The van der Waals surface area contributed by atoms with Crippen molar-refractivity contribution in [3.63, 3.8) is 0 Å². The van der Waals surface area contributed by atoms with Crippen LogP contribution in [0.2, 0.25) is 0 Å². The Hall–Kier alpha value is -1.72. The van der Waals surface area contributed by atoms with E-state index in [0.29, 0.717) is 0 Å². The Morgan fingerprint density at radius 3 is 2.47 bits per heavy atom. The van der Waals surface area contributed by atoms with Crippen LogP contribution < -0.4 is 5.32 Å². The zero-order chi connectivity index (χ0) is 13.9. The van der Waals surface area contributed by atoms with Crippen molar-refractivity contribution >= 4 is 6.09 Å². The third kappa shape index (κ3) is 4.46. The van der Waals surface area contributed by atoms with Gasteiger partial charge in [-0.25, -0.2) is 4.79 Å². The Balaban J connectivity index is 1.93. The van der Waals surface area contributed by atoms with Gasteiger partial charge in [0.15, 0.2) is 6.61 Å². The fourth-order valence-corrected chi connectivity index (χ4v) is 1.88. The summed E-state index contributed by atoms with van der Waals surface area (Å²) < 4.78 is 40.0. The molecule has 104 valence electrons. The van der Waals surface area contributed by atoms with E-state index in [1.807, 2.05) is 30.3 Å². The van der Waals surface area contributed by atoms with E-state index in [0.717, 1.165) is 18.4 Å². The normalized spacial score (nSPS) is 16.8. The maximum Gasteiger partial charge on any atom is 0.422 e. The van der Waals surface area contributed by atoms with Crippen LogP contribution in [0.25, 0.3) is 0 Å². The summed E-state index contributed by atoms with van der Waals surface area (Å²) in [4.78, 5) is 11.4. The molecule has 1 aromatic carbocycles. The van der Waals surface area contributed by atoms with Crippen LogP contribution in [0.15, 0.2) is 30.3 Å². The molecule has 19 heavy (non-hydrogen) atoms. The second kappa shape index (κ2) is 5.50. The van der Waals surface area contributed by atoms with Gasteiger partial charge in [0.2, 0.25) is 0 Å². The summed E-state index contributed by atoms with van der Waals surface area (Å²) in [5.41, 5.74) is 0.883. The van der Waals surface area contributed by atoms with E-state index in [4.69, 9.17) is 0 Å². The second-order valence-corrected chi connectivity index (χ2v) is 4.56. The van der Waals surface area contributed by atoms with Gasteiger partial charge in [-0.05, 0) is 24.3 Å². The van der Waals surface area contributed by atoms with Gasteiger partial charge in [0.1, 0.15) is 0 Å². The lowest BCUT2D eigenvalue weighted by Gasteiger charge is -2.18. The summed E-state index contributed by atoms with van der Waals surface area (Å²) in [6.07, 6.45) is -3.62. The topological polar surface area (TPSA) is 38.3 Å². The number of carbonyl (C=O) groups excluding carboxylic acids is 1. The van der Waals surface area contributed by atoms with Crippen molar-refractivity contribution in [3.05, 3.63) is 35.9 Å². The molecule has 1 aliphatic rings. The number of hydrogen-bond donors (Lipinski definition) is 1. The number of hydrogen-bond acceptors (Lipinski definition) is 2. The van der Waals surface area contributed by atoms with Crippen LogP contribution in [0.3, 0.4) is 0 Å². The number of alkyl halides is 3. The summed E-state index contributed by atoms with van der Waals surface area (Å²) in [6.45, 7) is -1.56. The van der Waals surface area contributed by atoms with Gasteiger partial charge in [-0.2, -0.15) is 13.2 Å². The molecular weight excluding hydrogens is 259 g/mol. The van der Waals surface area contributed by atoms with Crippen molar-refractivity contribution in [2.45, 2.75) is 25.1 Å². The molecule has 0 spiro atoms. The van der Waals surface area contributed by atoms with E-state index in [1.54, 1.807) is 0 Å². The van der Waals surface area contributed by atoms with E-state index in [-0.39, 0.29) is 12.0 Å². The Labute approximate surface area is 108 Å². The van der Waals surface area contributed by atoms with Crippen LogP contribution in [-0.4, -0.2) is 18.9 Å². The van der Waals surface area contributed by atoms with Gasteiger partial charge >= 0.3 is 12.3 Å². The van der Waals surface area contributed by atoms with Crippen molar-refractivity contribution in [3.8, 4) is 0 Å². The zero-order valence-corrected chi connectivity index (χ0v) is 10.1. The Bertz CT molecular complexity index is 429. The molecule has 1 amide bonds. The minimum absolute atomic E-state index is 0.276. The molecule has 1 unspecified atom stereocenters. The number of alkyl carbamates (subject to hydrolysis) is 1. The number of halogens is 3. The molecule has 0 heterocycles. The molecule has 0 saturated heterocycles. The van der Waals surface area contributed by atoms with Gasteiger partial charge in [0, 0.05) is 0 Å². The molecule has 1 aromatic rings. The molecule has 0 aromatic heterocycles. The molecule has 1 N–H and O–H groups in total. The van der Waals surface area contributed by atoms with Crippen molar-refractivity contribution < 1.29 is 22.7 Å². The van der Waals surface area contributed by atoms with E-state index < -0.39 is 18.9 Å². The molecule has 6 heteroatoms. The van der Waals surface area contributed by atoms with E-state index in [2.05, 4.69) is 10.1 Å². The zero-order valence-electron chi connectivity index (χ0n) is 10.1. The minimum atomic E-state index is -4.50. The van der Waals surface area contributed by atoms with Crippen LogP contribution in [0, 0.1) is 5.92 Å². The monoisotopic (exact) mass is 273 g/mol. The number of carbonyl (C=O) groups is 1. The smallest absolute Gasteiger partial charge is 0.422 e. The molecular formula is C13H14F3NO2. The van der Waals surface area contributed by atoms with Crippen LogP contribution >= 0.6 is 0 Å². The third-order valence-corrected chi connectivity index (χ3v) is 2.89. The van der Waals surface area contributed by atoms with Gasteiger partial charge in [0.25, 0.3) is 0 Å². The van der Waals surface area contributed by atoms with Crippen molar-refractivity contribution in [1.82, 2.24) is 5.32 Å². The molecule has 3 nitrogen and oxygen atoms in total. The first-order valence-electron chi connectivity index (χ1n) is 6.01. The Morgan fingerprint density at radius 2 is 1.95 bits per heavy atom. The fraction of sp³-hybridized carbons (Fsp3) is 0.462. The summed E-state index contributed by atoms with van der Waals surface area (Å²) in [6, 6.07) is 8.90. The maximum absolute atomic E-state index is 11.9. The molecule has 2 rings (SSSR count). The van der Waals surface area contributed by atoms with Crippen LogP contribution in [0.5, 0.6) is 0 Å². The van der Waals surface area contributed by atoms with Crippen molar-refractivity contribution in [2.75, 3.05) is 6.61 Å². The van der Waals surface area contributed by atoms with E-state index in [9.17, 15) is 18.0 Å². The molecule has 1 aliphatic carbocycles. The molecule has 0 radical (unpaired) electrons. The second-order valence-electron chi connectivity index (χ2n) is 4.56. The van der Waals surface area contributed by atoms with Crippen LogP contribution in [0.1, 0.15) is 24.4 Å². The fourth-order valence-electron chi connectivity index (χ4n) is 1.88. The van der Waals surface area contributed by atoms with E-state index >= 15 is 0 Å². The predicted molar refractivity (Wildman–Crippen MR) is 62.4 cm³/mol. The molecule has 1 atom stereocenters. The predicted octanol–water partition coefficient (Wildman–Crippen LogP) is 3.43. The van der Waals surface area contributed by atoms with Gasteiger partial charge in [-0.3, -0.25) is 0 Å². The van der Waals surface area contributed by atoms with Gasteiger partial charge in [-0.15, -0.1) is 0 Å². The quantitative estimate of drug-likeness (QED) is 0.912. The average Bonchev–Trinajstić information content (AvgIpc) is 3.18. The third-order valence-electron chi connectivity index (χ3n) is 2.89. The highest BCUT2D eigenvalue weighted by molar-refractivity contribution is 5.68. The number of ether oxygens (including phenoxy) is 1. The highest BCUT2D eigenvalue weighted by Crippen LogP contribution is 2.40. The lowest BCUT2D eigenvalue weighted by molar-refractivity contribution is -0.160. The van der Waals surface area contributed by atoms with Crippen molar-refractivity contribution in [1.29, 1.82) is 0 Å². The molecule has 0 bridgehead atoms. The first-order chi connectivity index (χ1) is 8.96. The van der Waals surface area contributed by atoms with Gasteiger partial charge in [0.05, 0.1) is 6.04 Å². The largest absolute Gasteiger partial charge is 0.440 e. The highest BCUT2D eigenvalue weighted by atomic mass is 19.4. The number of amides is 1. The lowest BCUT2D eigenvalue weighted by Crippen LogP contribution is -2.33. The average molecular weight is 273 g/mol. The Morgan fingerprint density at radius 1 is 1.32 bits per heavy atom. The standard InChI is InChI=1S/C13H14F3NO2/c14-13(15,16)8-19-12(18)17-11(10-6-7-10)9-4-2-1-3-5-9/h1-5,10-11H,6-8H2,(H,17,18). The minimum Gasteiger partial charge on any atom is -0.440 e. The van der Waals surface area contributed by atoms with Gasteiger partial charge < -0.3 is 10.1 Å². The van der Waals surface area contributed by atoms with Gasteiger partial charge in [-0.1, -0.05) is 30.3 Å². The summed E-state index contributed by atoms with van der Waals surface area (Å²) >= 11 is 0. The molecule has 1 fully saturated rings. The number of nitrogens with one attached hydrogen (secondary N) is 1. The first-order valence-corrected chi connectivity index (χ1v) is 6.01. The summed E-state index contributed by atoms with van der Waals surface area (Å²) in [5, 5.41) is 2.51. The molecule has 1 saturated carbocycles. The summed E-state index contributed by atoms with van der Waals surface area (Å²) in [5.74, 6) is 0.279. The lowest BCUT2D eigenvalue weighted by atomic mass is 10.0. The SMILES string of the molecule is O=C(NC(c1ccccc1)C1CC1)OCC(F)(F)F. The number of rotatable bonds is 4. The van der Waals surface area contributed by atoms with Crippen LogP contribution in [0.4, 0.5) is 18.0 Å². The highest BCUT2D eigenvalue weighted by Gasteiger charge is 2.35. The Kier molecular flexibility index (Phi) is 3.97. The molecule has 0 aliphatic heterocycles. The first kappa shape index (κ1) is 13.7. The van der Waals surface area contributed by atoms with E-state index in [1.165, 1.54) is 0 Å². The summed E-state index contributed by atoms with van der Waals surface area (Å²) in [7, 11) is 0. The van der Waals surface area contributed by atoms with Crippen LogP contribution in [-0.2, 0) is 4.74 Å². The number of benzene rings is 1. The van der Waals surface area contributed by atoms with Crippen molar-refractivity contribution in [2.24, 2.45) is 5.92 Å².